The fourth-order valence-corrected chi connectivity index (χ4v) is 2.95. The Balaban J connectivity index is 1.61. The first-order chi connectivity index (χ1) is 12.8. The van der Waals surface area contributed by atoms with E-state index in [0.717, 1.165) is 28.7 Å². The van der Waals surface area contributed by atoms with Crippen LogP contribution in [0.5, 0.6) is 11.5 Å². The largest absolute Gasteiger partial charge is 0.454 e. The number of rotatable bonds is 6. The number of benzene rings is 2. The Morgan fingerprint density at radius 1 is 0.923 bits per heavy atom. The molecule has 1 aliphatic heterocycles. The molecular formula is C19H19N3O4. The zero-order chi connectivity index (χ0) is 17.9. The molecule has 0 aliphatic carbocycles. The lowest BCUT2D eigenvalue weighted by Crippen LogP contribution is -2.03. The highest BCUT2D eigenvalue weighted by Gasteiger charge is 2.17. The second-order valence-electron chi connectivity index (χ2n) is 6.00. The molecule has 4 rings (SSSR count). The topological polar surface area (TPSA) is 104 Å². The van der Waals surface area contributed by atoms with Crippen molar-refractivity contribution in [3.05, 3.63) is 47.5 Å². The van der Waals surface area contributed by atoms with Crippen LogP contribution in [0.15, 0.2) is 40.8 Å². The Labute approximate surface area is 150 Å². The van der Waals surface area contributed by atoms with Crippen molar-refractivity contribution in [2.45, 2.75) is 19.4 Å². The van der Waals surface area contributed by atoms with Crippen molar-refractivity contribution in [3.63, 3.8) is 0 Å². The summed E-state index contributed by atoms with van der Waals surface area (Å²) in [5, 5.41) is 17.3. The minimum absolute atomic E-state index is 0.161. The number of nitrogens with two attached hydrogens (primary N) is 1. The fourth-order valence-electron chi connectivity index (χ4n) is 2.95. The third kappa shape index (κ3) is 3.14. The monoisotopic (exact) mass is 353 g/mol. The molecule has 7 heteroatoms. The van der Waals surface area contributed by atoms with Crippen LogP contribution in [0.25, 0.3) is 22.9 Å². The standard InChI is InChI=1S/C19H19N3O4/c20-10-15-8-13(4-3-12(15)2-1-7-23)18-21-22-19(26-18)14-5-6-16-17(9-14)25-11-24-16/h3-6,8-9,23H,1-2,7,10-11,20H2. The molecule has 0 bridgehead atoms. The van der Waals surface area contributed by atoms with Crippen LogP contribution in [0, 0.1) is 0 Å². The van der Waals surface area contributed by atoms with E-state index in [2.05, 4.69) is 10.2 Å². The second-order valence-corrected chi connectivity index (χ2v) is 6.00. The third-order valence-corrected chi connectivity index (χ3v) is 4.32. The van der Waals surface area contributed by atoms with Crippen LogP contribution in [0.2, 0.25) is 0 Å². The van der Waals surface area contributed by atoms with Gasteiger partial charge in [0.05, 0.1) is 0 Å². The molecule has 0 unspecified atom stereocenters. The number of hydrogen-bond donors (Lipinski definition) is 2. The van der Waals surface area contributed by atoms with E-state index in [4.69, 9.17) is 24.7 Å². The fraction of sp³-hybridized carbons (Fsp3) is 0.263. The van der Waals surface area contributed by atoms with Gasteiger partial charge in [0.15, 0.2) is 11.5 Å². The second kappa shape index (κ2) is 7.15. The highest BCUT2D eigenvalue weighted by Crippen LogP contribution is 2.36. The summed E-state index contributed by atoms with van der Waals surface area (Å²) in [4.78, 5) is 0. The van der Waals surface area contributed by atoms with Gasteiger partial charge in [-0.3, -0.25) is 0 Å². The van der Waals surface area contributed by atoms with Crippen LogP contribution in [0.4, 0.5) is 0 Å². The van der Waals surface area contributed by atoms with Crippen molar-refractivity contribution in [1.29, 1.82) is 0 Å². The van der Waals surface area contributed by atoms with Gasteiger partial charge >= 0.3 is 0 Å². The molecule has 3 N–H and O–H groups in total. The van der Waals surface area contributed by atoms with Crippen molar-refractivity contribution in [2.75, 3.05) is 13.4 Å². The molecule has 2 heterocycles. The Hall–Kier alpha value is -2.90. The maximum absolute atomic E-state index is 9.01. The van der Waals surface area contributed by atoms with Gasteiger partial charge in [0.2, 0.25) is 18.6 Å². The number of aromatic nitrogens is 2. The van der Waals surface area contributed by atoms with Gasteiger partial charge in [-0.15, -0.1) is 10.2 Å². The Morgan fingerprint density at radius 3 is 2.42 bits per heavy atom. The van der Waals surface area contributed by atoms with Gasteiger partial charge in [-0.05, 0) is 54.3 Å². The first-order valence-corrected chi connectivity index (χ1v) is 8.45. The van der Waals surface area contributed by atoms with Crippen LogP contribution >= 0.6 is 0 Å². The average molecular weight is 353 g/mol. The normalized spacial score (nSPS) is 12.5. The van der Waals surface area contributed by atoms with E-state index in [9.17, 15) is 0 Å². The predicted octanol–water partition coefficient (Wildman–Crippen LogP) is 2.52. The summed E-state index contributed by atoms with van der Waals surface area (Å²) in [6.07, 6.45) is 1.50. The Morgan fingerprint density at radius 2 is 1.65 bits per heavy atom. The van der Waals surface area contributed by atoms with Gasteiger partial charge in [0.25, 0.3) is 0 Å². The Kier molecular flexibility index (Phi) is 4.55. The number of nitrogens with zero attached hydrogens (tertiary/aromatic N) is 2. The SMILES string of the molecule is NCc1cc(-c2nnc(-c3ccc4c(c3)OCO4)o2)ccc1CCCO. The highest BCUT2D eigenvalue weighted by molar-refractivity contribution is 5.62. The number of aliphatic hydroxyl groups is 1. The number of hydrogen-bond acceptors (Lipinski definition) is 7. The van der Waals surface area contributed by atoms with Crippen molar-refractivity contribution in [2.24, 2.45) is 5.73 Å². The summed E-state index contributed by atoms with van der Waals surface area (Å²) in [6, 6.07) is 11.4. The van der Waals surface area contributed by atoms with E-state index in [1.54, 1.807) is 0 Å². The van der Waals surface area contributed by atoms with Crippen molar-refractivity contribution in [3.8, 4) is 34.4 Å². The minimum Gasteiger partial charge on any atom is -0.454 e. The molecule has 1 aliphatic rings. The van der Waals surface area contributed by atoms with E-state index in [1.165, 1.54) is 0 Å². The average Bonchev–Trinajstić information content (AvgIpc) is 3.34. The maximum Gasteiger partial charge on any atom is 0.248 e. The zero-order valence-electron chi connectivity index (χ0n) is 14.1. The first-order valence-electron chi connectivity index (χ1n) is 8.45. The quantitative estimate of drug-likeness (QED) is 0.702. The number of aliphatic hydroxyl groups excluding tert-OH is 1. The molecule has 0 fully saturated rings. The summed E-state index contributed by atoms with van der Waals surface area (Å²) < 4.78 is 16.5. The summed E-state index contributed by atoms with van der Waals surface area (Å²) >= 11 is 0. The van der Waals surface area contributed by atoms with Gasteiger partial charge in [0, 0.05) is 24.3 Å². The van der Waals surface area contributed by atoms with E-state index >= 15 is 0 Å². The lowest BCUT2D eigenvalue weighted by molar-refractivity contribution is 0.174. The maximum atomic E-state index is 9.01. The Bertz CT molecular complexity index is 923. The highest BCUT2D eigenvalue weighted by atomic mass is 16.7. The lowest BCUT2D eigenvalue weighted by atomic mass is 10.00. The van der Waals surface area contributed by atoms with Crippen LogP contribution in [-0.2, 0) is 13.0 Å². The summed E-state index contributed by atoms with van der Waals surface area (Å²) in [7, 11) is 0. The molecular weight excluding hydrogens is 334 g/mol. The van der Waals surface area contributed by atoms with Crippen molar-refractivity contribution in [1.82, 2.24) is 10.2 Å². The predicted molar refractivity (Wildman–Crippen MR) is 94.6 cm³/mol. The van der Waals surface area contributed by atoms with Crippen LogP contribution < -0.4 is 15.2 Å². The number of ether oxygens (including phenoxy) is 2. The van der Waals surface area contributed by atoms with Crippen molar-refractivity contribution >= 4 is 0 Å². The molecule has 0 spiro atoms. The molecule has 0 atom stereocenters. The molecule has 2 aromatic carbocycles. The van der Waals surface area contributed by atoms with Gasteiger partial charge in [-0.2, -0.15) is 0 Å². The molecule has 3 aromatic rings. The van der Waals surface area contributed by atoms with E-state index in [0.29, 0.717) is 36.2 Å². The van der Waals surface area contributed by atoms with Crippen molar-refractivity contribution < 1.29 is 19.0 Å². The van der Waals surface area contributed by atoms with Gasteiger partial charge < -0.3 is 24.7 Å². The molecule has 0 saturated heterocycles. The zero-order valence-corrected chi connectivity index (χ0v) is 14.1. The number of fused-ring (bicyclic) bond motifs is 1. The van der Waals surface area contributed by atoms with E-state index in [1.807, 2.05) is 36.4 Å². The van der Waals surface area contributed by atoms with Crippen LogP contribution in [0.3, 0.4) is 0 Å². The van der Waals surface area contributed by atoms with Gasteiger partial charge in [-0.1, -0.05) is 6.07 Å². The third-order valence-electron chi connectivity index (χ3n) is 4.32. The summed E-state index contributed by atoms with van der Waals surface area (Å²) in [5.41, 5.74) is 9.59. The van der Waals surface area contributed by atoms with Gasteiger partial charge in [-0.25, -0.2) is 0 Å². The molecule has 7 nitrogen and oxygen atoms in total. The summed E-state index contributed by atoms with van der Waals surface area (Å²) in [6.45, 7) is 0.796. The van der Waals surface area contributed by atoms with E-state index in [-0.39, 0.29) is 13.4 Å². The molecule has 26 heavy (non-hydrogen) atoms. The number of aryl methyl sites for hydroxylation is 1. The van der Waals surface area contributed by atoms with Gasteiger partial charge in [0.1, 0.15) is 0 Å². The minimum atomic E-state index is 0.161. The molecule has 0 radical (unpaired) electrons. The van der Waals surface area contributed by atoms with Crippen LogP contribution in [0.1, 0.15) is 17.5 Å². The first kappa shape index (κ1) is 16.6. The van der Waals surface area contributed by atoms with E-state index < -0.39 is 0 Å². The molecule has 0 saturated carbocycles. The molecule has 1 aromatic heterocycles. The van der Waals surface area contributed by atoms with Crippen LogP contribution in [-0.4, -0.2) is 28.7 Å². The lowest BCUT2D eigenvalue weighted by Gasteiger charge is -2.08. The molecule has 134 valence electrons. The smallest absolute Gasteiger partial charge is 0.248 e. The summed E-state index contributed by atoms with van der Waals surface area (Å²) in [5.74, 6) is 2.22. The molecule has 0 amide bonds.